The minimum Gasteiger partial charge on any atom is -0.496 e. The van der Waals surface area contributed by atoms with Crippen LogP contribution in [0.25, 0.3) is 0 Å². The maximum atomic E-state index is 13.0. The van der Waals surface area contributed by atoms with Gasteiger partial charge >= 0.3 is 6.18 Å². The molecule has 3 rings (SSSR count). The van der Waals surface area contributed by atoms with E-state index in [2.05, 4.69) is 10.4 Å². The average Bonchev–Trinajstić information content (AvgIpc) is 3.11. The molecule has 0 aliphatic heterocycles. The van der Waals surface area contributed by atoms with E-state index in [0.29, 0.717) is 23.3 Å². The van der Waals surface area contributed by atoms with E-state index in [0.717, 1.165) is 16.9 Å². The number of aryl methyl sites for hydroxylation is 3. The first-order valence-corrected chi connectivity index (χ1v) is 11.3. The fourth-order valence-electron chi connectivity index (χ4n) is 3.51. The monoisotopic (exact) mass is 509 g/mol. The number of nitrogens with zero attached hydrogens (tertiary/aromatic N) is 2. The molecule has 2 aromatic carbocycles. The summed E-state index contributed by atoms with van der Waals surface area (Å²) in [5, 5.41) is 5.93. The lowest BCUT2D eigenvalue weighted by atomic mass is 10.1. The van der Waals surface area contributed by atoms with E-state index in [-0.39, 0.29) is 31.3 Å². The van der Waals surface area contributed by atoms with Gasteiger partial charge in [-0.15, -0.1) is 0 Å². The zero-order valence-corrected chi connectivity index (χ0v) is 20.7. The lowest BCUT2D eigenvalue weighted by Crippen LogP contribution is -2.25. The summed E-state index contributed by atoms with van der Waals surface area (Å²) in [5.41, 5.74) is 2.33. The molecule has 1 N–H and O–H groups in total. The van der Waals surface area contributed by atoms with Crippen LogP contribution in [0.2, 0.25) is 5.02 Å². The lowest BCUT2D eigenvalue weighted by Gasteiger charge is -2.14. The fraction of sp³-hybridized carbons (Fsp3) is 0.360. The minimum absolute atomic E-state index is 0.180. The highest BCUT2D eigenvalue weighted by Crippen LogP contribution is 2.35. The van der Waals surface area contributed by atoms with E-state index in [4.69, 9.17) is 21.1 Å². The first kappa shape index (κ1) is 26.4. The van der Waals surface area contributed by atoms with Crippen molar-refractivity contribution in [3.05, 3.63) is 75.1 Å². The molecule has 1 heterocycles. The predicted octanol–water partition coefficient (Wildman–Crippen LogP) is 5.89. The molecule has 0 spiro atoms. The minimum atomic E-state index is -4.62. The van der Waals surface area contributed by atoms with Gasteiger partial charge in [-0.1, -0.05) is 23.7 Å². The number of carbonyl (C=O) groups is 1. The Kier molecular flexibility index (Phi) is 8.32. The zero-order chi connectivity index (χ0) is 25.8. The molecule has 0 saturated heterocycles. The largest absolute Gasteiger partial charge is 0.496 e. The van der Waals surface area contributed by atoms with Gasteiger partial charge in [-0.25, -0.2) is 0 Å². The molecular weight excluding hydrogens is 483 g/mol. The van der Waals surface area contributed by atoms with Crippen molar-refractivity contribution in [2.75, 3.05) is 13.7 Å². The van der Waals surface area contributed by atoms with Crippen molar-refractivity contribution in [2.45, 2.75) is 46.5 Å². The van der Waals surface area contributed by atoms with Crippen LogP contribution in [0.3, 0.4) is 0 Å². The Hall–Kier alpha value is -3.20. The van der Waals surface area contributed by atoms with Gasteiger partial charge in [0.25, 0.3) is 5.91 Å². The van der Waals surface area contributed by atoms with Gasteiger partial charge in [-0.2, -0.15) is 18.3 Å². The van der Waals surface area contributed by atoms with Gasteiger partial charge in [-0.05, 0) is 62.6 Å². The number of hydrogen-bond donors (Lipinski definition) is 1. The average molecular weight is 510 g/mol. The van der Waals surface area contributed by atoms with Gasteiger partial charge in [0, 0.05) is 24.2 Å². The first-order chi connectivity index (χ1) is 16.5. The number of halogens is 4. The van der Waals surface area contributed by atoms with Crippen LogP contribution in [0.1, 0.15) is 44.9 Å². The predicted molar refractivity (Wildman–Crippen MR) is 127 cm³/mol. The number of ether oxygens (including phenoxy) is 2. The SMILES string of the molecule is COc1ccc(C(=O)NCCCn2nc(C(F)(F)F)c(Cl)c2C)cc1COc1cc(C)ccc1C. The molecule has 0 fully saturated rings. The molecule has 0 radical (unpaired) electrons. The number of carbonyl (C=O) groups excluding carboxylic acids is 1. The normalized spacial score (nSPS) is 11.4. The second-order valence-electron chi connectivity index (χ2n) is 8.16. The summed E-state index contributed by atoms with van der Waals surface area (Å²) < 4.78 is 51.5. The number of hydrogen-bond acceptors (Lipinski definition) is 4. The molecule has 0 aliphatic rings. The van der Waals surface area contributed by atoms with Crippen molar-refractivity contribution in [1.82, 2.24) is 15.1 Å². The quantitative estimate of drug-likeness (QED) is 0.365. The number of rotatable bonds is 9. The Morgan fingerprint density at radius 1 is 1.11 bits per heavy atom. The molecule has 188 valence electrons. The summed E-state index contributed by atoms with van der Waals surface area (Å²) in [4.78, 5) is 12.7. The maximum Gasteiger partial charge on any atom is 0.436 e. The van der Waals surface area contributed by atoms with E-state index >= 15 is 0 Å². The van der Waals surface area contributed by atoms with Crippen LogP contribution in [0.5, 0.6) is 11.5 Å². The number of methoxy groups -OCH3 is 1. The molecule has 1 aromatic heterocycles. The van der Waals surface area contributed by atoms with E-state index < -0.39 is 16.9 Å². The smallest absolute Gasteiger partial charge is 0.436 e. The van der Waals surface area contributed by atoms with Crippen LogP contribution in [0, 0.1) is 20.8 Å². The molecule has 1 amide bonds. The highest BCUT2D eigenvalue weighted by molar-refractivity contribution is 6.31. The molecule has 0 saturated carbocycles. The van der Waals surface area contributed by atoms with E-state index in [9.17, 15) is 18.0 Å². The molecule has 10 heteroatoms. The highest BCUT2D eigenvalue weighted by atomic mass is 35.5. The Balaban J connectivity index is 1.60. The summed E-state index contributed by atoms with van der Waals surface area (Å²) in [7, 11) is 1.55. The number of amides is 1. The molecule has 0 atom stereocenters. The Bertz CT molecular complexity index is 1210. The van der Waals surface area contributed by atoms with Crippen molar-refractivity contribution in [3.8, 4) is 11.5 Å². The van der Waals surface area contributed by atoms with E-state index in [1.54, 1.807) is 25.3 Å². The molecule has 35 heavy (non-hydrogen) atoms. The van der Waals surface area contributed by atoms with Crippen LogP contribution in [-0.2, 0) is 19.3 Å². The van der Waals surface area contributed by atoms with Gasteiger partial charge in [0.05, 0.1) is 17.8 Å². The third-order valence-corrected chi connectivity index (χ3v) is 5.96. The highest BCUT2D eigenvalue weighted by Gasteiger charge is 2.38. The molecular formula is C25H27ClF3N3O3. The van der Waals surface area contributed by atoms with Gasteiger partial charge in [0.2, 0.25) is 0 Å². The van der Waals surface area contributed by atoms with Crippen molar-refractivity contribution >= 4 is 17.5 Å². The molecule has 3 aromatic rings. The zero-order valence-electron chi connectivity index (χ0n) is 19.9. The van der Waals surface area contributed by atoms with Gasteiger partial charge in [-0.3, -0.25) is 9.48 Å². The molecule has 0 aliphatic carbocycles. The number of nitrogens with one attached hydrogen (secondary N) is 1. The van der Waals surface area contributed by atoms with Crippen molar-refractivity contribution in [2.24, 2.45) is 0 Å². The summed E-state index contributed by atoms with van der Waals surface area (Å²) in [6, 6.07) is 11.0. The number of benzene rings is 2. The Morgan fingerprint density at radius 3 is 2.51 bits per heavy atom. The Labute approximate surface area is 207 Å². The summed E-state index contributed by atoms with van der Waals surface area (Å²) in [5.74, 6) is 1.04. The summed E-state index contributed by atoms with van der Waals surface area (Å²) >= 11 is 5.77. The molecule has 0 unspecified atom stereocenters. The van der Waals surface area contributed by atoms with Crippen molar-refractivity contribution in [3.63, 3.8) is 0 Å². The van der Waals surface area contributed by atoms with E-state index in [1.165, 1.54) is 11.6 Å². The maximum absolute atomic E-state index is 13.0. The van der Waals surface area contributed by atoms with Crippen molar-refractivity contribution in [1.29, 1.82) is 0 Å². The molecule has 0 bridgehead atoms. The lowest BCUT2D eigenvalue weighted by molar-refractivity contribution is -0.141. The van der Waals surface area contributed by atoms with Crippen LogP contribution in [0.15, 0.2) is 36.4 Å². The second kappa shape index (κ2) is 11.0. The second-order valence-corrected chi connectivity index (χ2v) is 8.54. The fourth-order valence-corrected chi connectivity index (χ4v) is 3.75. The third-order valence-electron chi connectivity index (χ3n) is 5.50. The summed E-state index contributed by atoms with van der Waals surface area (Å²) in [6.45, 7) is 6.06. The van der Waals surface area contributed by atoms with Crippen LogP contribution >= 0.6 is 11.6 Å². The summed E-state index contributed by atoms with van der Waals surface area (Å²) in [6.07, 6.45) is -4.24. The van der Waals surface area contributed by atoms with Crippen molar-refractivity contribution < 1.29 is 27.4 Å². The van der Waals surface area contributed by atoms with E-state index in [1.807, 2.05) is 32.0 Å². The van der Waals surface area contributed by atoms with Gasteiger partial charge in [0.1, 0.15) is 18.1 Å². The van der Waals surface area contributed by atoms with Crippen LogP contribution in [-0.4, -0.2) is 29.3 Å². The van der Waals surface area contributed by atoms with Gasteiger partial charge in [0.15, 0.2) is 5.69 Å². The van der Waals surface area contributed by atoms with Crippen LogP contribution in [0.4, 0.5) is 13.2 Å². The first-order valence-electron chi connectivity index (χ1n) is 11.0. The number of aromatic nitrogens is 2. The third kappa shape index (κ3) is 6.48. The Morgan fingerprint density at radius 2 is 1.86 bits per heavy atom. The molecule has 6 nitrogen and oxygen atoms in total. The number of alkyl halides is 3. The van der Waals surface area contributed by atoms with Crippen LogP contribution < -0.4 is 14.8 Å². The topological polar surface area (TPSA) is 65.4 Å². The standard InChI is InChI=1S/C25H27ClF3N3O3/c1-15-6-7-16(2)21(12-15)35-14-19-13-18(8-9-20(19)34-4)24(33)30-10-5-11-32-17(3)22(26)23(31-32)25(27,28)29/h6-9,12-13H,5,10-11,14H2,1-4H3,(H,30,33). The van der Waals surface area contributed by atoms with Gasteiger partial charge < -0.3 is 14.8 Å².